The van der Waals surface area contributed by atoms with Crippen molar-refractivity contribution in [2.45, 2.75) is 257 Å². The lowest BCUT2D eigenvalue weighted by molar-refractivity contribution is -0.870. The number of hydrogen-bond acceptors (Lipinski definition) is 8. The molecule has 360 valence electrons. The first-order chi connectivity index (χ1) is 29.6. The molecule has 0 aliphatic carbocycles. The van der Waals surface area contributed by atoms with Crippen LogP contribution in [0, 0.1) is 0 Å². The first kappa shape index (κ1) is 59.0. The standard InChI is InChI=1S/C52H99NO8/c1-6-8-10-12-14-16-18-20-21-22-23-24-25-26-27-28-29-30-31-33-34-36-38-40-42-49(54)59-46-48(47-60-52(51(56)57)58-45-44-53(3,4)5)61-50(55)43-41-39-37-35-32-19-17-15-13-11-9-7-2/h15,17,48,52H,6-14,16,18-47H2,1-5H3/b17-15-. The SMILES string of the molecule is CCCCC/C=C\CCCCCCCC(=O)OC(COC(=O)CCCCCCCCCCCCCCCCCCCCCCCCCC)COC(OCC[N+](C)(C)C)C(=O)[O-]. The minimum absolute atomic E-state index is 0.149. The van der Waals surface area contributed by atoms with Crippen LogP contribution in [0.4, 0.5) is 0 Å². The zero-order chi connectivity index (χ0) is 44.9. The lowest BCUT2D eigenvalue weighted by Gasteiger charge is -2.26. The van der Waals surface area contributed by atoms with E-state index in [1.54, 1.807) is 0 Å². The quantitative estimate of drug-likeness (QED) is 0.0195. The Morgan fingerprint density at radius 3 is 1.25 bits per heavy atom. The number of ether oxygens (including phenoxy) is 4. The summed E-state index contributed by atoms with van der Waals surface area (Å²) in [7, 11) is 5.92. The topological polar surface area (TPSA) is 111 Å². The number of esters is 2. The molecule has 0 bridgehead atoms. The highest BCUT2D eigenvalue weighted by Crippen LogP contribution is 2.17. The van der Waals surface area contributed by atoms with Crippen LogP contribution in [0.5, 0.6) is 0 Å². The van der Waals surface area contributed by atoms with E-state index in [0.717, 1.165) is 51.4 Å². The zero-order valence-corrected chi connectivity index (χ0v) is 40.8. The van der Waals surface area contributed by atoms with E-state index >= 15 is 0 Å². The Kier molecular flexibility index (Phi) is 43.2. The summed E-state index contributed by atoms with van der Waals surface area (Å²) in [6.07, 6.45) is 45.4. The summed E-state index contributed by atoms with van der Waals surface area (Å²) >= 11 is 0. The molecule has 0 fully saturated rings. The second kappa shape index (κ2) is 44.6. The maximum Gasteiger partial charge on any atom is 0.306 e. The molecule has 0 radical (unpaired) electrons. The van der Waals surface area contributed by atoms with E-state index < -0.39 is 24.3 Å². The van der Waals surface area contributed by atoms with E-state index in [-0.39, 0.29) is 32.2 Å². The Labute approximate surface area is 376 Å². The Balaban J connectivity index is 4.18. The molecule has 0 aromatic heterocycles. The Morgan fingerprint density at radius 2 is 0.836 bits per heavy atom. The van der Waals surface area contributed by atoms with Crippen LogP contribution in [-0.4, -0.2) is 82.3 Å². The second-order valence-electron chi connectivity index (χ2n) is 18.8. The van der Waals surface area contributed by atoms with Crippen molar-refractivity contribution >= 4 is 17.9 Å². The molecule has 0 saturated carbocycles. The normalized spacial score (nSPS) is 12.9. The summed E-state index contributed by atoms with van der Waals surface area (Å²) < 4.78 is 22.6. The van der Waals surface area contributed by atoms with E-state index in [2.05, 4.69) is 26.0 Å². The van der Waals surface area contributed by atoms with Gasteiger partial charge < -0.3 is 33.3 Å². The van der Waals surface area contributed by atoms with Crippen molar-refractivity contribution < 1.29 is 42.9 Å². The Morgan fingerprint density at radius 1 is 0.475 bits per heavy atom. The molecule has 9 nitrogen and oxygen atoms in total. The summed E-state index contributed by atoms with van der Waals surface area (Å²) in [5, 5.41) is 11.7. The van der Waals surface area contributed by atoms with E-state index in [4.69, 9.17) is 18.9 Å². The van der Waals surface area contributed by atoms with Crippen LogP contribution in [0.3, 0.4) is 0 Å². The van der Waals surface area contributed by atoms with Crippen molar-refractivity contribution in [2.24, 2.45) is 0 Å². The van der Waals surface area contributed by atoms with E-state index in [9.17, 15) is 19.5 Å². The number of hydrogen-bond donors (Lipinski definition) is 0. The van der Waals surface area contributed by atoms with Crippen LogP contribution in [-0.2, 0) is 33.3 Å². The van der Waals surface area contributed by atoms with Gasteiger partial charge in [-0.15, -0.1) is 0 Å². The number of carbonyl (C=O) groups excluding carboxylic acids is 3. The number of unbranched alkanes of at least 4 members (excludes halogenated alkanes) is 31. The number of aliphatic carboxylic acids is 1. The van der Waals surface area contributed by atoms with Crippen molar-refractivity contribution in [3.8, 4) is 0 Å². The molecule has 2 unspecified atom stereocenters. The average molecular weight is 866 g/mol. The lowest BCUT2D eigenvalue weighted by Crippen LogP contribution is -2.44. The molecule has 0 aliphatic rings. The minimum atomic E-state index is -1.62. The Bertz CT molecular complexity index is 1010. The van der Waals surface area contributed by atoms with Gasteiger partial charge in [-0.05, 0) is 38.5 Å². The summed E-state index contributed by atoms with van der Waals surface area (Å²) in [5.74, 6) is -2.28. The van der Waals surface area contributed by atoms with E-state index in [0.29, 0.717) is 23.9 Å². The van der Waals surface area contributed by atoms with Crippen LogP contribution in [0.2, 0.25) is 0 Å². The first-order valence-corrected chi connectivity index (χ1v) is 25.8. The van der Waals surface area contributed by atoms with Crippen molar-refractivity contribution in [3.63, 3.8) is 0 Å². The van der Waals surface area contributed by atoms with Gasteiger partial charge in [0.05, 0.1) is 40.3 Å². The van der Waals surface area contributed by atoms with Crippen LogP contribution in [0.1, 0.15) is 245 Å². The summed E-state index contributed by atoms with van der Waals surface area (Å²) in [6, 6.07) is 0. The van der Waals surface area contributed by atoms with Crippen molar-refractivity contribution in [1.29, 1.82) is 0 Å². The van der Waals surface area contributed by atoms with Gasteiger partial charge in [0.2, 0.25) is 0 Å². The molecule has 0 amide bonds. The molecular weight excluding hydrogens is 767 g/mol. The molecular formula is C52H99NO8. The molecule has 9 heteroatoms. The molecule has 0 heterocycles. The molecule has 0 spiro atoms. The fourth-order valence-corrected chi connectivity index (χ4v) is 7.47. The van der Waals surface area contributed by atoms with Crippen LogP contribution in [0.25, 0.3) is 0 Å². The monoisotopic (exact) mass is 866 g/mol. The van der Waals surface area contributed by atoms with Gasteiger partial charge in [-0.2, -0.15) is 0 Å². The van der Waals surface area contributed by atoms with Gasteiger partial charge in [0.15, 0.2) is 12.4 Å². The smallest absolute Gasteiger partial charge is 0.306 e. The second-order valence-corrected chi connectivity index (χ2v) is 18.8. The molecule has 0 N–H and O–H groups in total. The number of allylic oxidation sites excluding steroid dienone is 2. The fraction of sp³-hybridized carbons (Fsp3) is 0.904. The number of likely N-dealkylation sites (N-methyl/N-ethyl adjacent to an activating group) is 1. The highest BCUT2D eigenvalue weighted by Gasteiger charge is 2.22. The predicted octanol–water partition coefficient (Wildman–Crippen LogP) is 12.9. The number of carbonyl (C=O) groups is 3. The van der Waals surface area contributed by atoms with Gasteiger partial charge in [0.25, 0.3) is 0 Å². The molecule has 61 heavy (non-hydrogen) atoms. The van der Waals surface area contributed by atoms with Gasteiger partial charge >= 0.3 is 11.9 Å². The Hall–Kier alpha value is -1.97. The van der Waals surface area contributed by atoms with Gasteiger partial charge in [-0.1, -0.05) is 206 Å². The molecule has 0 aliphatic heterocycles. The van der Waals surface area contributed by atoms with Crippen molar-refractivity contribution in [1.82, 2.24) is 0 Å². The minimum Gasteiger partial charge on any atom is -0.545 e. The van der Waals surface area contributed by atoms with Gasteiger partial charge in [0, 0.05) is 12.8 Å². The highest BCUT2D eigenvalue weighted by atomic mass is 16.7. The van der Waals surface area contributed by atoms with Gasteiger partial charge in [-0.3, -0.25) is 9.59 Å². The van der Waals surface area contributed by atoms with Crippen molar-refractivity contribution in [2.75, 3.05) is 47.5 Å². The molecule has 2 atom stereocenters. The number of carboxylic acids is 1. The predicted molar refractivity (Wildman–Crippen MR) is 251 cm³/mol. The van der Waals surface area contributed by atoms with Gasteiger partial charge in [0.1, 0.15) is 13.2 Å². The molecule has 0 aromatic rings. The van der Waals surface area contributed by atoms with Crippen LogP contribution < -0.4 is 5.11 Å². The summed E-state index contributed by atoms with van der Waals surface area (Å²) in [4.78, 5) is 37.0. The number of quaternary nitrogens is 1. The summed E-state index contributed by atoms with van der Waals surface area (Å²) in [6.45, 7) is 4.74. The highest BCUT2D eigenvalue weighted by molar-refractivity contribution is 5.70. The maximum atomic E-state index is 12.7. The number of carboxylic acid groups (broad SMARTS) is 1. The van der Waals surface area contributed by atoms with E-state index in [1.165, 1.54) is 161 Å². The average Bonchev–Trinajstić information content (AvgIpc) is 3.22. The number of nitrogens with zero attached hydrogens (tertiary/aromatic N) is 1. The first-order valence-electron chi connectivity index (χ1n) is 25.8. The van der Waals surface area contributed by atoms with Crippen LogP contribution >= 0.6 is 0 Å². The number of rotatable bonds is 48. The fourth-order valence-electron chi connectivity index (χ4n) is 7.47. The van der Waals surface area contributed by atoms with Crippen molar-refractivity contribution in [3.05, 3.63) is 12.2 Å². The molecule has 0 aromatic carbocycles. The van der Waals surface area contributed by atoms with Crippen LogP contribution in [0.15, 0.2) is 12.2 Å². The summed E-state index contributed by atoms with van der Waals surface area (Å²) in [5.41, 5.74) is 0. The third-order valence-electron chi connectivity index (χ3n) is 11.5. The molecule has 0 saturated heterocycles. The maximum absolute atomic E-state index is 12.7. The third-order valence-corrected chi connectivity index (χ3v) is 11.5. The molecule has 0 rings (SSSR count). The zero-order valence-electron chi connectivity index (χ0n) is 40.8. The lowest BCUT2D eigenvalue weighted by atomic mass is 10.0. The largest absolute Gasteiger partial charge is 0.545 e. The van der Waals surface area contributed by atoms with E-state index in [1.807, 2.05) is 21.1 Å². The third kappa shape index (κ3) is 45.9. The van der Waals surface area contributed by atoms with Gasteiger partial charge in [-0.25, -0.2) is 0 Å².